The van der Waals surface area contributed by atoms with Crippen LogP contribution in [0.15, 0.2) is 97.1 Å². The monoisotopic (exact) mass is 399 g/mol. The van der Waals surface area contributed by atoms with E-state index in [2.05, 4.69) is 102 Å². The molecule has 0 radical (unpaired) electrons. The van der Waals surface area contributed by atoms with Gasteiger partial charge in [0.25, 0.3) is 0 Å². The Morgan fingerprint density at radius 2 is 1.06 bits per heavy atom. The van der Waals surface area contributed by atoms with Gasteiger partial charge < -0.3 is 4.98 Å². The van der Waals surface area contributed by atoms with E-state index < -0.39 is 0 Å². The molecule has 1 heterocycles. The fourth-order valence-corrected chi connectivity index (χ4v) is 4.97. The van der Waals surface area contributed by atoms with Gasteiger partial charge in [-0.15, -0.1) is 0 Å². The maximum atomic E-state index is 3.67. The highest BCUT2D eigenvalue weighted by Crippen LogP contribution is 2.36. The number of benzene rings is 4. The van der Waals surface area contributed by atoms with Crippen LogP contribution in [0.1, 0.15) is 24.1 Å². The molecule has 0 aliphatic heterocycles. The molecular weight excluding hydrogens is 374 g/mol. The molecule has 0 bridgehead atoms. The molecule has 0 saturated carbocycles. The Labute approximate surface area is 183 Å². The zero-order valence-corrected chi connectivity index (χ0v) is 17.6. The summed E-state index contributed by atoms with van der Waals surface area (Å²) in [6, 6.07) is 35.3. The molecular formula is C30H25N. The summed E-state index contributed by atoms with van der Waals surface area (Å²) in [5.74, 6) is 0. The number of rotatable bonds is 3. The van der Waals surface area contributed by atoms with Crippen LogP contribution >= 0.6 is 0 Å². The maximum absolute atomic E-state index is 3.67. The Hall–Kier alpha value is -3.58. The van der Waals surface area contributed by atoms with Crippen molar-refractivity contribution in [1.29, 1.82) is 0 Å². The summed E-state index contributed by atoms with van der Waals surface area (Å²) in [5, 5.41) is 1.40. The van der Waals surface area contributed by atoms with Gasteiger partial charge in [0, 0.05) is 16.6 Å². The van der Waals surface area contributed by atoms with Crippen molar-refractivity contribution in [1.82, 2.24) is 4.98 Å². The third-order valence-electron chi connectivity index (χ3n) is 6.58. The van der Waals surface area contributed by atoms with E-state index in [1.807, 2.05) is 0 Å². The van der Waals surface area contributed by atoms with Crippen molar-refractivity contribution in [3.05, 3.63) is 108 Å². The number of nitrogens with one attached hydrogen (secondary N) is 1. The molecule has 0 saturated heterocycles. The van der Waals surface area contributed by atoms with E-state index in [0.717, 1.165) is 0 Å². The summed E-state index contributed by atoms with van der Waals surface area (Å²) in [5.41, 5.74) is 11.8. The average Bonchev–Trinajstić information content (AvgIpc) is 3.23. The zero-order chi connectivity index (χ0) is 20.6. The van der Waals surface area contributed by atoms with Crippen molar-refractivity contribution in [3.8, 4) is 33.4 Å². The second-order valence-corrected chi connectivity index (χ2v) is 8.58. The number of aromatic nitrogens is 1. The molecule has 6 rings (SSSR count). The van der Waals surface area contributed by atoms with Crippen molar-refractivity contribution in [2.24, 2.45) is 0 Å². The molecule has 1 aliphatic rings. The third kappa shape index (κ3) is 3.37. The van der Waals surface area contributed by atoms with Gasteiger partial charge >= 0.3 is 0 Å². The Bertz CT molecular complexity index is 1300. The molecule has 1 N–H and O–H groups in total. The first-order valence-electron chi connectivity index (χ1n) is 11.2. The van der Waals surface area contributed by atoms with Gasteiger partial charge in [-0.25, -0.2) is 0 Å². The molecule has 4 aromatic carbocycles. The van der Waals surface area contributed by atoms with Crippen molar-refractivity contribution < 1.29 is 0 Å². The number of fused-ring (bicyclic) bond motifs is 3. The molecule has 0 amide bonds. The van der Waals surface area contributed by atoms with E-state index in [9.17, 15) is 0 Å². The first-order chi connectivity index (χ1) is 15.3. The summed E-state index contributed by atoms with van der Waals surface area (Å²) in [4.78, 5) is 3.67. The lowest BCUT2D eigenvalue weighted by molar-refractivity contribution is 0.680. The Morgan fingerprint density at radius 3 is 1.71 bits per heavy atom. The largest absolute Gasteiger partial charge is 0.358 e. The van der Waals surface area contributed by atoms with Crippen LogP contribution in [-0.2, 0) is 12.8 Å². The summed E-state index contributed by atoms with van der Waals surface area (Å²) in [6.07, 6.45) is 4.97. The van der Waals surface area contributed by atoms with Gasteiger partial charge in [-0.1, -0.05) is 66.7 Å². The minimum absolute atomic E-state index is 1.18. The smallest absolute Gasteiger partial charge is 0.0459 e. The number of aromatic amines is 1. The van der Waals surface area contributed by atoms with Gasteiger partial charge in [-0.3, -0.25) is 0 Å². The molecule has 0 atom stereocenters. The van der Waals surface area contributed by atoms with Crippen LogP contribution in [-0.4, -0.2) is 4.98 Å². The van der Waals surface area contributed by atoms with Gasteiger partial charge in [0.15, 0.2) is 0 Å². The van der Waals surface area contributed by atoms with E-state index in [1.165, 1.54) is 81.2 Å². The zero-order valence-electron chi connectivity index (χ0n) is 17.6. The van der Waals surface area contributed by atoms with Crippen LogP contribution in [0.5, 0.6) is 0 Å². The van der Waals surface area contributed by atoms with Gasteiger partial charge in [0.1, 0.15) is 0 Å². The van der Waals surface area contributed by atoms with Crippen molar-refractivity contribution in [2.45, 2.75) is 25.7 Å². The van der Waals surface area contributed by atoms with Crippen molar-refractivity contribution in [3.63, 3.8) is 0 Å². The van der Waals surface area contributed by atoms with Crippen LogP contribution in [0.4, 0.5) is 0 Å². The van der Waals surface area contributed by atoms with Crippen LogP contribution in [0.3, 0.4) is 0 Å². The third-order valence-corrected chi connectivity index (χ3v) is 6.58. The lowest BCUT2D eigenvalue weighted by Gasteiger charge is -2.12. The van der Waals surface area contributed by atoms with Gasteiger partial charge in [-0.05, 0) is 95.0 Å². The van der Waals surface area contributed by atoms with E-state index in [4.69, 9.17) is 0 Å². The Morgan fingerprint density at radius 1 is 0.484 bits per heavy atom. The topological polar surface area (TPSA) is 15.8 Å². The summed E-state index contributed by atoms with van der Waals surface area (Å²) < 4.78 is 0. The highest BCUT2D eigenvalue weighted by Gasteiger charge is 2.16. The lowest BCUT2D eigenvalue weighted by atomic mass is 9.91. The normalized spacial score (nSPS) is 13.3. The predicted octanol–water partition coefficient (Wildman–Crippen LogP) is 8.05. The van der Waals surface area contributed by atoms with Crippen LogP contribution in [0.2, 0.25) is 0 Å². The van der Waals surface area contributed by atoms with E-state index >= 15 is 0 Å². The van der Waals surface area contributed by atoms with Crippen molar-refractivity contribution >= 4 is 10.9 Å². The molecule has 5 aromatic rings. The number of aryl methyl sites for hydroxylation is 2. The average molecular weight is 400 g/mol. The molecule has 0 fully saturated rings. The number of H-pyrrole nitrogens is 1. The fraction of sp³-hybridized carbons (Fsp3) is 0.133. The second kappa shape index (κ2) is 7.59. The molecule has 150 valence electrons. The summed E-state index contributed by atoms with van der Waals surface area (Å²) >= 11 is 0. The van der Waals surface area contributed by atoms with Crippen LogP contribution in [0.25, 0.3) is 44.3 Å². The second-order valence-electron chi connectivity index (χ2n) is 8.58. The lowest BCUT2D eigenvalue weighted by Crippen LogP contribution is -1.99. The van der Waals surface area contributed by atoms with Gasteiger partial charge in [0.05, 0.1) is 0 Å². The number of hydrogen-bond acceptors (Lipinski definition) is 0. The van der Waals surface area contributed by atoms with E-state index in [1.54, 1.807) is 0 Å². The molecule has 1 nitrogen and oxygen atoms in total. The van der Waals surface area contributed by atoms with Gasteiger partial charge in [0.2, 0.25) is 0 Å². The highest BCUT2D eigenvalue weighted by atomic mass is 14.7. The highest BCUT2D eigenvalue weighted by molar-refractivity contribution is 5.91. The summed E-state index contributed by atoms with van der Waals surface area (Å²) in [6.45, 7) is 0. The van der Waals surface area contributed by atoms with E-state index in [-0.39, 0.29) is 0 Å². The first-order valence-corrected chi connectivity index (χ1v) is 11.2. The molecule has 1 heteroatoms. The first kappa shape index (κ1) is 18.2. The van der Waals surface area contributed by atoms with Crippen LogP contribution in [0, 0.1) is 0 Å². The van der Waals surface area contributed by atoms with Gasteiger partial charge in [-0.2, -0.15) is 0 Å². The number of hydrogen-bond donors (Lipinski definition) is 1. The fourth-order valence-electron chi connectivity index (χ4n) is 4.97. The molecule has 1 aliphatic carbocycles. The van der Waals surface area contributed by atoms with E-state index in [0.29, 0.717) is 0 Å². The minimum Gasteiger partial charge on any atom is -0.358 e. The molecule has 0 spiro atoms. The molecule has 31 heavy (non-hydrogen) atoms. The SMILES string of the molecule is c1ccc(-c2cc(-c3ccccc3)cc(-c3ccc4[nH]c5c(c4c3)CCCC5)c2)cc1. The predicted molar refractivity (Wildman–Crippen MR) is 131 cm³/mol. The maximum Gasteiger partial charge on any atom is 0.0459 e. The van der Waals surface area contributed by atoms with Crippen molar-refractivity contribution in [2.75, 3.05) is 0 Å². The molecule has 1 aromatic heterocycles. The molecule has 0 unspecified atom stereocenters. The minimum atomic E-state index is 1.18. The Kier molecular flexibility index (Phi) is 4.46. The Balaban J connectivity index is 1.54. The summed E-state index contributed by atoms with van der Waals surface area (Å²) in [7, 11) is 0. The quantitative estimate of drug-likeness (QED) is 0.316. The van der Waals surface area contributed by atoms with Crippen LogP contribution < -0.4 is 0 Å². The standard InChI is InChI=1S/C30H25N/c1-3-9-21(10-4-1)24-17-25(22-11-5-2-6-12-22)19-26(18-24)23-15-16-30-28(20-23)27-13-7-8-14-29(27)31-30/h1-6,9-12,15-20,31H,7-8,13-14H2.